The highest BCUT2D eigenvalue weighted by atomic mass is 16.6. The molecule has 118 valence electrons. The Morgan fingerprint density at radius 3 is 2.55 bits per heavy atom. The minimum atomic E-state index is -1.06. The van der Waals surface area contributed by atoms with Crippen LogP contribution in [0, 0.1) is 16.0 Å². The normalized spacial score (nSPS) is 16.7. The van der Waals surface area contributed by atoms with Gasteiger partial charge < -0.3 is 10.4 Å². The minimum absolute atomic E-state index is 0.0890. The van der Waals surface area contributed by atoms with Gasteiger partial charge in [-0.15, -0.1) is 0 Å². The first-order chi connectivity index (χ1) is 10.5. The third-order valence-corrected chi connectivity index (χ3v) is 3.99. The highest BCUT2D eigenvalue weighted by Crippen LogP contribution is 2.27. The number of carboxylic acids is 1. The first kappa shape index (κ1) is 15.9. The Balaban J connectivity index is 2.12. The first-order valence-electron chi connectivity index (χ1n) is 7.27. The van der Waals surface area contributed by atoms with E-state index in [1.165, 1.54) is 18.2 Å². The van der Waals surface area contributed by atoms with E-state index in [0.29, 0.717) is 0 Å². The maximum absolute atomic E-state index is 12.2. The summed E-state index contributed by atoms with van der Waals surface area (Å²) in [7, 11) is 0. The van der Waals surface area contributed by atoms with Crippen molar-refractivity contribution in [2.45, 2.75) is 38.1 Å². The van der Waals surface area contributed by atoms with Crippen molar-refractivity contribution in [1.29, 1.82) is 0 Å². The molecule has 7 heteroatoms. The molecule has 0 aliphatic heterocycles. The summed E-state index contributed by atoms with van der Waals surface area (Å²) >= 11 is 0. The molecule has 2 N–H and O–H groups in total. The van der Waals surface area contributed by atoms with Gasteiger partial charge in [-0.05, 0) is 24.8 Å². The van der Waals surface area contributed by atoms with E-state index in [1.807, 2.05) is 0 Å². The Morgan fingerprint density at radius 1 is 1.27 bits per heavy atom. The molecule has 1 aromatic carbocycles. The monoisotopic (exact) mass is 306 g/mol. The number of carbonyl (C=O) groups is 2. The molecule has 0 saturated heterocycles. The van der Waals surface area contributed by atoms with Crippen LogP contribution >= 0.6 is 0 Å². The van der Waals surface area contributed by atoms with Crippen LogP contribution < -0.4 is 5.32 Å². The van der Waals surface area contributed by atoms with Crippen LogP contribution in [-0.4, -0.2) is 27.9 Å². The van der Waals surface area contributed by atoms with E-state index in [0.717, 1.165) is 38.2 Å². The van der Waals surface area contributed by atoms with Gasteiger partial charge in [0, 0.05) is 17.7 Å². The molecule has 0 bridgehead atoms. The number of hydrogen-bond acceptors (Lipinski definition) is 4. The van der Waals surface area contributed by atoms with Crippen LogP contribution in [0.5, 0.6) is 0 Å². The van der Waals surface area contributed by atoms with Crippen LogP contribution in [0.4, 0.5) is 5.69 Å². The Bertz CT molecular complexity index is 581. The Labute approximate surface area is 127 Å². The predicted octanol–water partition coefficient (Wildman–Crippen LogP) is 2.36. The molecular weight excluding hydrogens is 288 g/mol. The number of carbonyl (C=O) groups excluding carboxylic acids is 1. The summed E-state index contributed by atoms with van der Waals surface area (Å²) in [6, 6.07) is 4.32. The van der Waals surface area contributed by atoms with E-state index in [4.69, 9.17) is 0 Å². The van der Waals surface area contributed by atoms with Crippen molar-refractivity contribution in [2.75, 3.05) is 0 Å². The van der Waals surface area contributed by atoms with E-state index >= 15 is 0 Å². The maximum Gasteiger partial charge on any atom is 0.326 e. The summed E-state index contributed by atoms with van der Waals surface area (Å²) in [5.74, 6) is -1.75. The van der Waals surface area contributed by atoms with Crippen LogP contribution in [0.25, 0.3) is 0 Å². The van der Waals surface area contributed by atoms with E-state index in [1.54, 1.807) is 0 Å². The summed E-state index contributed by atoms with van der Waals surface area (Å²) in [6.45, 7) is 0. The average Bonchev–Trinajstić information content (AvgIpc) is 2.53. The van der Waals surface area contributed by atoms with Gasteiger partial charge in [-0.3, -0.25) is 14.9 Å². The Morgan fingerprint density at radius 2 is 1.95 bits per heavy atom. The largest absolute Gasteiger partial charge is 0.480 e. The minimum Gasteiger partial charge on any atom is -0.480 e. The van der Waals surface area contributed by atoms with Crippen molar-refractivity contribution in [3.8, 4) is 0 Å². The van der Waals surface area contributed by atoms with Gasteiger partial charge >= 0.3 is 5.97 Å². The van der Waals surface area contributed by atoms with E-state index in [9.17, 15) is 24.8 Å². The Hall–Kier alpha value is -2.44. The summed E-state index contributed by atoms with van der Waals surface area (Å²) in [5.41, 5.74) is -0.103. The standard InChI is InChI=1S/C15H18N2O5/c18-14(11-7-4-8-12(9-11)17(21)22)16-13(15(19)20)10-5-2-1-3-6-10/h4,7-10,13H,1-3,5-6H2,(H,16,18)(H,19,20)/t13-/m1/s1. The van der Waals surface area contributed by atoms with Crippen LogP contribution in [0.15, 0.2) is 24.3 Å². The molecule has 1 atom stereocenters. The summed E-state index contributed by atoms with van der Waals surface area (Å²) < 4.78 is 0. The lowest BCUT2D eigenvalue weighted by molar-refractivity contribution is -0.384. The number of hydrogen-bond donors (Lipinski definition) is 2. The lowest BCUT2D eigenvalue weighted by Crippen LogP contribution is -2.46. The predicted molar refractivity (Wildman–Crippen MR) is 78.6 cm³/mol. The third-order valence-electron chi connectivity index (χ3n) is 3.99. The van der Waals surface area contributed by atoms with Crippen molar-refractivity contribution in [2.24, 2.45) is 5.92 Å². The molecule has 7 nitrogen and oxygen atoms in total. The number of nitrogens with one attached hydrogen (secondary N) is 1. The third kappa shape index (κ3) is 3.81. The van der Waals surface area contributed by atoms with E-state index < -0.39 is 22.8 Å². The van der Waals surface area contributed by atoms with E-state index in [-0.39, 0.29) is 17.2 Å². The van der Waals surface area contributed by atoms with Crippen molar-refractivity contribution >= 4 is 17.6 Å². The molecular formula is C15H18N2O5. The number of rotatable bonds is 5. The molecule has 0 unspecified atom stereocenters. The maximum atomic E-state index is 12.2. The topological polar surface area (TPSA) is 110 Å². The number of carboxylic acid groups (broad SMARTS) is 1. The average molecular weight is 306 g/mol. The van der Waals surface area contributed by atoms with Crippen molar-refractivity contribution in [1.82, 2.24) is 5.32 Å². The van der Waals surface area contributed by atoms with Gasteiger partial charge in [0.15, 0.2) is 0 Å². The highest BCUT2D eigenvalue weighted by Gasteiger charge is 2.31. The molecule has 1 saturated carbocycles. The van der Waals surface area contributed by atoms with E-state index in [2.05, 4.69) is 5.32 Å². The number of aliphatic carboxylic acids is 1. The second kappa shape index (κ2) is 7.02. The molecule has 1 aliphatic rings. The second-order valence-electron chi connectivity index (χ2n) is 5.49. The first-order valence-corrected chi connectivity index (χ1v) is 7.27. The zero-order valence-corrected chi connectivity index (χ0v) is 12.0. The molecule has 2 rings (SSSR count). The highest BCUT2D eigenvalue weighted by molar-refractivity contribution is 5.97. The van der Waals surface area contributed by atoms with Gasteiger partial charge in [0.05, 0.1) is 4.92 Å². The number of nitrogens with zero attached hydrogens (tertiary/aromatic N) is 1. The zero-order valence-electron chi connectivity index (χ0n) is 12.0. The van der Waals surface area contributed by atoms with Crippen molar-refractivity contribution in [3.05, 3.63) is 39.9 Å². The number of non-ortho nitro benzene ring substituents is 1. The van der Waals surface area contributed by atoms with Gasteiger partial charge in [0.25, 0.3) is 11.6 Å². The summed E-state index contributed by atoms with van der Waals surface area (Å²) in [5, 5.41) is 22.6. The Kier molecular flexibility index (Phi) is 5.08. The molecule has 1 aromatic rings. The molecule has 1 aliphatic carbocycles. The fourth-order valence-electron chi connectivity index (χ4n) is 2.83. The molecule has 0 radical (unpaired) electrons. The van der Waals surface area contributed by atoms with Crippen molar-refractivity contribution < 1.29 is 19.6 Å². The smallest absolute Gasteiger partial charge is 0.326 e. The van der Waals surface area contributed by atoms with Crippen molar-refractivity contribution in [3.63, 3.8) is 0 Å². The quantitative estimate of drug-likeness (QED) is 0.641. The van der Waals surface area contributed by atoms with Gasteiger partial charge in [0.1, 0.15) is 6.04 Å². The fraction of sp³-hybridized carbons (Fsp3) is 0.467. The van der Waals surface area contributed by atoms with Crippen LogP contribution in [0.1, 0.15) is 42.5 Å². The van der Waals surface area contributed by atoms with Crippen LogP contribution in [-0.2, 0) is 4.79 Å². The van der Waals surface area contributed by atoms with Gasteiger partial charge in [-0.1, -0.05) is 25.3 Å². The molecule has 22 heavy (non-hydrogen) atoms. The van der Waals surface area contributed by atoms with Crippen LogP contribution in [0.3, 0.4) is 0 Å². The van der Waals surface area contributed by atoms with Crippen LogP contribution in [0.2, 0.25) is 0 Å². The number of benzene rings is 1. The lowest BCUT2D eigenvalue weighted by atomic mass is 9.84. The second-order valence-corrected chi connectivity index (χ2v) is 5.49. The zero-order chi connectivity index (χ0) is 16.1. The van der Waals surface area contributed by atoms with Gasteiger partial charge in [-0.2, -0.15) is 0 Å². The summed E-state index contributed by atoms with van der Waals surface area (Å²) in [6.07, 6.45) is 4.54. The lowest BCUT2D eigenvalue weighted by Gasteiger charge is -2.28. The van der Waals surface area contributed by atoms with Gasteiger partial charge in [0.2, 0.25) is 0 Å². The number of nitro groups is 1. The molecule has 1 fully saturated rings. The van der Waals surface area contributed by atoms with Gasteiger partial charge in [-0.25, -0.2) is 4.79 Å². The summed E-state index contributed by atoms with van der Waals surface area (Å²) in [4.78, 5) is 33.7. The SMILES string of the molecule is O=C(N[C@@H](C(=O)O)C1CCCCC1)c1cccc([N+](=O)[O-])c1. The number of amides is 1. The molecule has 0 spiro atoms. The number of nitro benzene ring substituents is 1. The molecule has 1 amide bonds. The molecule has 0 aromatic heterocycles. The fourth-order valence-corrected chi connectivity index (χ4v) is 2.83. The molecule has 0 heterocycles.